The molecule has 0 aromatic heterocycles. The Morgan fingerprint density at radius 2 is 1.19 bits per heavy atom. The summed E-state index contributed by atoms with van der Waals surface area (Å²) in [5.74, 6) is -1.05. The minimum absolute atomic E-state index is 0.130. The van der Waals surface area contributed by atoms with Crippen molar-refractivity contribution >= 4 is 19.8 Å². The number of unbranched alkanes of at least 4 members (excludes halogenated alkanes) is 13. The molecule has 0 aromatic carbocycles. The number of esters is 2. The molecule has 312 valence electrons. The van der Waals surface area contributed by atoms with E-state index in [1.807, 2.05) is 36.5 Å². The lowest BCUT2D eigenvalue weighted by molar-refractivity contribution is -0.161. The summed E-state index contributed by atoms with van der Waals surface area (Å²) in [5, 5.41) is 28.3. The zero-order valence-corrected chi connectivity index (χ0v) is 34.2. The van der Waals surface area contributed by atoms with Crippen molar-refractivity contribution in [3.63, 3.8) is 0 Å². The maximum Gasteiger partial charge on any atom is 0.472 e. The monoisotopic (exact) mass is 784 g/mol. The molecule has 0 aromatic rings. The van der Waals surface area contributed by atoms with Crippen molar-refractivity contribution in [2.45, 2.75) is 167 Å². The summed E-state index contributed by atoms with van der Waals surface area (Å²) in [6.07, 6.45) is 36.5. The maximum absolute atomic E-state index is 12.6. The Hall–Kier alpha value is -2.37. The van der Waals surface area contributed by atoms with Crippen LogP contribution in [0, 0.1) is 0 Å². The molecular weight excluding hydrogens is 711 g/mol. The molecule has 54 heavy (non-hydrogen) atoms. The van der Waals surface area contributed by atoms with Gasteiger partial charge in [-0.15, -0.1) is 0 Å². The first-order chi connectivity index (χ1) is 26.1. The molecule has 0 radical (unpaired) electrons. The quantitative estimate of drug-likeness (QED) is 0.0156. The molecule has 0 spiro atoms. The third-order valence-corrected chi connectivity index (χ3v) is 9.18. The molecule has 0 heterocycles. The standard InChI is InChI=1S/C42H73O11P/c1-3-5-7-9-11-12-13-14-15-16-21-25-29-33-42(47)53-40(37-52-54(48,49)51-35-39(45)34-43)36-50-41(46)32-28-24-20-18-17-19-23-27-31-38(44)30-26-22-10-8-6-4-2/h12-13,18-20,22-23,26-27,31,38-40,43-45H,3-11,14-17,21,24-25,28-30,32-37H2,1-2H3,(H,48,49)/b13-12-,20-18-,23-19-,26-22-,31-27+/t38-,39+,40-/m1/s1. The fourth-order valence-electron chi connectivity index (χ4n) is 5.00. The van der Waals surface area contributed by atoms with E-state index in [1.54, 1.807) is 6.08 Å². The molecular formula is C42H73O11P. The Kier molecular flexibility index (Phi) is 35.9. The fraction of sp³-hybridized carbons (Fsp3) is 0.714. The highest BCUT2D eigenvalue weighted by Gasteiger charge is 2.27. The van der Waals surface area contributed by atoms with Crippen LogP contribution in [0.15, 0.2) is 60.8 Å². The van der Waals surface area contributed by atoms with Crippen molar-refractivity contribution in [2.24, 2.45) is 0 Å². The fourth-order valence-corrected chi connectivity index (χ4v) is 5.79. The number of allylic oxidation sites excluding steroid dienone is 8. The summed E-state index contributed by atoms with van der Waals surface area (Å²) in [6, 6.07) is 0. The van der Waals surface area contributed by atoms with E-state index in [-0.39, 0.29) is 19.4 Å². The van der Waals surface area contributed by atoms with Crippen LogP contribution in [0.1, 0.15) is 149 Å². The normalized spacial score (nSPS) is 15.1. The second-order valence-electron chi connectivity index (χ2n) is 13.5. The highest BCUT2D eigenvalue weighted by Crippen LogP contribution is 2.43. The van der Waals surface area contributed by atoms with Crippen LogP contribution in [0.5, 0.6) is 0 Å². The van der Waals surface area contributed by atoms with Gasteiger partial charge in [-0.1, -0.05) is 126 Å². The number of carbonyl (C=O) groups excluding carboxylic acids is 2. The summed E-state index contributed by atoms with van der Waals surface area (Å²) < 4.78 is 32.5. The highest BCUT2D eigenvalue weighted by molar-refractivity contribution is 7.47. The Labute approximate surface area is 326 Å². The van der Waals surface area contributed by atoms with Crippen molar-refractivity contribution in [2.75, 3.05) is 26.4 Å². The van der Waals surface area contributed by atoms with Crippen molar-refractivity contribution in [1.82, 2.24) is 0 Å². The number of aliphatic hydroxyl groups is 3. The van der Waals surface area contributed by atoms with E-state index in [0.717, 1.165) is 44.9 Å². The summed E-state index contributed by atoms with van der Waals surface area (Å²) in [7, 11) is -4.64. The third kappa shape index (κ3) is 36.6. The van der Waals surface area contributed by atoms with Gasteiger partial charge in [-0.2, -0.15) is 0 Å². The Bertz CT molecular complexity index is 1100. The number of phosphoric ester groups is 1. The van der Waals surface area contributed by atoms with Gasteiger partial charge in [-0.25, -0.2) is 4.57 Å². The third-order valence-electron chi connectivity index (χ3n) is 8.22. The molecule has 0 aliphatic rings. The molecule has 4 N–H and O–H groups in total. The van der Waals surface area contributed by atoms with Gasteiger partial charge >= 0.3 is 19.8 Å². The van der Waals surface area contributed by atoms with Crippen LogP contribution in [0.2, 0.25) is 0 Å². The van der Waals surface area contributed by atoms with E-state index in [1.165, 1.54) is 44.9 Å². The van der Waals surface area contributed by atoms with Gasteiger partial charge < -0.3 is 29.7 Å². The average Bonchev–Trinajstić information content (AvgIpc) is 3.15. The van der Waals surface area contributed by atoms with Crippen LogP contribution in [-0.2, 0) is 32.7 Å². The molecule has 1 unspecified atom stereocenters. The lowest BCUT2D eigenvalue weighted by Crippen LogP contribution is -2.29. The lowest BCUT2D eigenvalue weighted by Gasteiger charge is -2.20. The van der Waals surface area contributed by atoms with Crippen molar-refractivity contribution in [3.8, 4) is 0 Å². The predicted octanol–water partition coefficient (Wildman–Crippen LogP) is 9.30. The predicted molar refractivity (Wildman–Crippen MR) is 216 cm³/mol. The number of hydrogen-bond acceptors (Lipinski definition) is 10. The zero-order valence-electron chi connectivity index (χ0n) is 33.3. The number of ether oxygens (including phenoxy) is 2. The smallest absolute Gasteiger partial charge is 0.462 e. The topological polar surface area (TPSA) is 169 Å². The lowest BCUT2D eigenvalue weighted by atomic mass is 10.1. The molecule has 0 rings (SSSR count). The summed E-state index contributed by atoms with van der Waals surface area (Å²) >= 11 is 0. The minimum atomic E-state index is -4.64. The molecule has 0 aliphatic heterocycles. The number of carbonyl (C=O) groups is 2. The molecule has 12 heteroatoms. The largest absolute Gasteiger partial charge is 0.472 e. The van der Waals surface area contributed by atoms with Gasteiger partial charge in [0, 0.05) is 12.8 Å². The van der Waals surface area contributed by atoms with Crippen LogP contribution in [0.3, 0.4) is 0 Å². The van der Waals surface area contributed by atoms with E-state index in [9.17, 15) is 29.3 Å². The molecule has 0 saturated carbocycles. The summed E-state index contributed by atoms with van der Waals surface area (Å²) in [6.45, 7) is 2.15. The summed E-state index contributed by atoms with van der Waals surface area (Å²) in [4.78, 5) is 34.9. The van der Waals surface area contributed by atoms with Crippen molar-refractivity contribution in [1.29, 1.82) is 0 Å². The first-order valence-corrected chi connectivity index (χ1v) is 21.8. The second-order valence-corrected chi connectivity index (χ2v) is 15.0. The molecule has 0 saturated heterocycles. The van der Waals surface area contributed by atoms with E-state index >= 15 is 0 Å². The number of phosphoric acid groups is 1. The van der Waals surface area contributed by atoms with Gasteiger partial charge in [0.2, 0.25) is 0 Å². The van der Waals surface area contributed by atoms with Crippen LogP contribution in [-0.4, -0.2) is 76.9 Å². The van der Waals surface area contributed by atoms with Crippen molar-refractivity contribution < 1.29 is 52.9 Å². The number of aliphatic hydroxyl groups excluding tert-OH is 3. The average molecular weight is 785 g/mol. The van der Waals surface area contributed by atoms with Crippen LogP contribution in [0.4, 0.5) is 0 Å². The Morgan fingerprint density at radius 1 is 0.630 bits per heavy atom. The van der Waals surface area contributed by atoms with E-state index in [0.29, 0.717) is 32.1 Å². The van der Waals surface area contributed by atoms with E-state index < -0.39 is 57.9 Å². The molecule has 0 fully saturated rings. The van der Waals surface area contributed by atoms with Gasteiger partial charge in [-0.3, -0.25) is 18.6 Å². The van der Waals surface area contributed by atoms with Gasteiger partial charge in [-0.05, 0) is 70.6 Å². The highest BCUT2D eigenvalue weighted by atomic mass is 31.2. The Morgan fingerprint density at radius 3 is 1.89 bits per heavy atom. The van der Waals surface area contributed by atoms with Gasteiger partial charge in [0.05, 0.1) is 25.9 Å². The second kappa shape index (κ2) is 37.5. The van der Waals surface area contributed by atoms with Crippen LogP contribution in [0.25, 0.3) is 0 Å². The Balaban J connectivity index is 4.52. The SMILES string of the molecule is CCCCC/C=C\C[C@@H](O)/C=C/C=C\C/C=C\CCCC(=O)OC[C@H](COP(=O)(O)OC[C@@H](O)CO)OC(=O)CCCCCCC/C=C\CCCCCC. The zero-order chi connectivity index (χ0) is 40.0. The number of rotatable bonds is 37. The van der Waals surface area contributed by atoms with Crippen molar-refractivity contribution in [3.05, 3.63) is 60.8 Å². The number of hydrogen-bond donors (Lipinski definition) is 4. The maximum atomic E-state index is 12.6. The van der Waals surface area contributed by atoms with Gasteiger partial charge in [0.1, 0.15) is 12.7 Å². The first-order valence-electron chi connectivity index (χ1n) is 20.4. The van der Waals surface area contributed by atoms with E-state index in [2.05, 4.69) is 36.6 Å². The molecule has 0 amide bonds. The molecule has 11 nitrogen and oxygen atoms in total. The van der Waals surface area contributed by atoms with Crippen LogP contribution < -0.4 is 0 Å². The van der Waals surface area contributed by atoms with Gasteiger partial charge in [0.25, 0.3) is 0 Å². The summed E-state index contributed by atoms with van der Waals surface area (Å²) in [5.41, 5.74) is 0. The first kappa shape index (κ1) is 51.6. The van der Waals surface area contributed by atoms with Crippen LogP contribution >= 0.6 is 7.82 Å². The molecule has 0 bridgehead atoms. The minimum Gasteiger partial charge on any atom is -0.462 e. The molecule has 4 atom stereocenters. The van der Waals surface area contributed by atoms with Gasteiger partial charge in [0.15, 0.2) is 6.10 Å². The molecule has 0 aliphatic carbocycles. The van der Waals surface area contributed by atoms with E-state index in [4.69, 9.17) is 19.1 Å².